The molecule has 0 aromatic rings. The minimum Gasteiger partial charge on any atom is -0.355 e. The van der Waals surface area contributed by atoms with E-state index in [2.05, 4.69) is 10.6 Å². The normalized spacial score (nSPS) is 20.2. The van der Waals surface area contributed by atoms with Gasteiger partial charge in [-0.2, -0.15) is 0 Å². The van der Waals surface area contributed by atoms with Crippen molar-refractivity contribution in [1.29, 1.82) is 0 Å². The lowest BCUT2D eigenvalue weighted by Gasteiger charge is -2.20. The van der Waals surface area contributed by atoms with E-state index < -0.39 is 0 Å². The molecule has 0 heterocycles. The number of hydrogen-bond donors (Lipinski definition) is 3. The zero-order chi connectivity index (χ0) is 14.4. The molecule has 0 aromatic heterocycles. The molecule has 0 bridgehead atoms. The predicted octanol–water partition coefficient (Wildman–Crippen LogP) is 1.35. The molecule has 4 N–H and O–H groups in total. The number of halogens is 1. The molecule has 5 nitrogen and oxygen atoms in total. The van der Waals surface area contributed by atoms with E-state index in [0.717, 1.165) is 25.7 Å². The average Bonchev–Trinajstić information content (AvgIpc) is 3.30. The molecule has 2 fully saturated rings. The molecule has 1 unspecified atom stereocenters. The first kappa shape index (κ1) is 18.2. The number of amides is 2. The van der Waals surface area contributed by atoms with E-state index in [1.165, 1.54) is 19.3 Å². The van der Waals surface area contributed by atoms with E-state index in [0.29, 0.717) is 25.4 Å². The first-order valence-electron chi connectivity index (χ1n) is 7.97. The van der Waals surface area contributed by atoms with Crippen molar-refractivity contribution in [3.63, 3.8) is 0 Å². The van der Waals surface area contributed by atoms with Gasteiger partial charge in [0, 0.05) is 31.5 Å². The summed E-state index contributed by atoms with van der Waals surface area (Å²) in [5, 5.41) is 5.72. The van der Waals surface area contributed by atoms with Crippen molar-refractivity contribution < 1.29 is 9.59 Å². The first-order valence-corrected chi connectivity index (χ1v) is 7.97. The summed E-state index contributed by atoms with van der Waals surface area (Å²) in [5.74, 6) is 0.855. The lowest BCUT2D eigenvalue weighted by molar-refractivity contribution is -0.126. The molecule has 2 rings (SSSR count). The van der Waals surface area contributed by atoms with Crippen LogP contribution in [0.5, 0.6) is 0 Å². The summed E-state index contributed by atoms with van der Waals surface area (Å²) in [6.45, 7) is 0.986. The van der Waals surface area contributed by atoms with E-state index >= 15 is 0 Å². The fourth-order valence-corrected chi connectivity index (χ4v) is 2.82. The van der Waals surface area contributed by atoms with Crippen LogP contribution in [0.3, 0.4) is 0 Å². The number of nitrogens with one attached hydrogen (secondary N) is 2. The maximum absolute atomic E-state index is 11.9. The first-order chi connectivity index (χ1) is 9.66. The van der Waals surface area contributed by atoms with Crippen LogP contribution in [0.4, 0.5) is 0 Å². The lowest BCUT2D eigenvalue weighted by atomic mass is 9.89. The van der Waals surface area contributed by atoms with E-state index in [-0.39, 0.29) is 36.2 Å². The van der Waals surface area contributed by atoms with Crippen molar-refractivity contribution in [2.75, 3.05) is 13.1 Å². The van der Waals surface area contributed by atoms with E-state index in [1.54, 1.807) is 0 Å². The van der Waals surface area contributed by atoms with Gasteiger partial charge in [0.2, 0.25) is 11.8 Å². The highest BCUT2D eigenvalue weighted by atomic mass is 35.5. The van der Waals surface area contributed by atoms with Crippen molar-refractivity contribution in [3.8, 4) is 0 Å². The second-order valence-electron chi connectivity index (χ2n) is 6.18. The number of carbonyl (C=O) groups excluding carboxylic acids is 2. The van der Waals surface area contributed by atoms with Gasteiger partial charge in [-0.3, -0.25) is 9.59 Å². The molecule has 2 amide bonds. The topological polar surface area (TPSA) is 84.2 Å². The summed E-state index contributed by atoms with van der Waals surface area (Å²) >= 11 is 0. The van der Waals surface area contributed by atoms with Gasteiger partial charge < -0.3 is 16.4 Å². The molecule has 122 valence electrons. The predicted molar refractivity (Wildman–Crippen MR) is 85.2 cm³/mol. The molecular weight excluding hydrogens is 290 g/mol. The zero-order valence-corrected chi connectivity index (χ0v) is 13.4. The minimum absolute atomic E-state index is 0. The molecule has 0 saturated heterocycles. The van der Waals surface area contributed by atoms with Crippen LogP contribution >= 0.6 is 12.4 Å². The Morgan fingerprint density at radius 3 is 2.33 bits per heavy atom. The van der Waals surface area contributed by atoms with Crippen LogP contribution < -0.4 is 16.4 Å². The van der Waals surface area contributed by atoms with Gasteiger partial charge >= 0.3 is 0 Å². The summed E-state index contributed by atoms with van der Waals surface area (Å²) in [7, 11) is 0. The van der Waals surface area contributed by atoms with Crippen LogP contribution in [-0.2, 0) is 9.59 Å². The van der Waals surface area contributed by atoms with Crippen LogP contribution in [-0.4, -0.2) is 30.9 Å². The van der Waals surface area contributed by atoms with Gasteiger partial charge in [-0.25, -0.2) is 0 Å². The third-order valence-electron chi connectivity index (χ3n) is 4.39. The molecule has 21 heavy (non-hydrogen) atoms. The van der Waals surface area contributed by atoms with Crippen LogP contribution in [0.1, 0.15) is 51.4 Å². The van der Waals surface area contributed by atoms with Gasteiger partial charge in [0.15, 0.2) is 0 Å². The SMILES string of the molecule is Cl.NC(CNC(=O)CCNC(=O)C1CCCCC1)C1CC1. The van der Waals surface area contributed by atoms with Crippen molar-refractivity contribution in [2.45, 2.75) is 57.4 Å². The van der Waals surface area contributed by atoms with Crippen molar-refractivity contribution >= 4 is 24.2 Å². The van der Waals surface area contributed by atoms with Crippen LogP contribution in [0.15, 0.2) is 0 Å². The Morgan fingerprint density at radius 2 is 1.71 bits per heavy atom. The molecular formula is C15H28ClN3O2. The fraction of sp³-hybridized carbons (Fsp3) is 0.867. The van der Waals surface area contributed by atoms with Gasteiger partial charge in [0.05, 0.1) is 0 Å². The number of carbonyl (C=O) groups is 2. The Balaban J connectivity index is 0.00000220. The maximum atomic E-state index is 11.9. The standard InChI is InChI=1S/C15H27N3O2.ClH/c16-13(11-6-7-11)10-18-14(19)8-9-17-15(20)12-4-2-1-3-5-12;/h11-13H,1-10,16H2,(H,17,20)(H,18,19);1H. The largest absolute Gasteiger partial charge is 0.355 e. The van der Waals surface area contributed by atoms with Crippen molar-refractivity contribution in [2.24, 2.45) is 17.6 Å². The van der Waals surface area contributed by atoms with E-state index in [4.69, 9.17) is 5.73 Å². The Bertz CT molecular complexity index is 342. The molecule has 2 aliphatic rings. The van der Waals surface area contributed by atoms with Crippen LogP contribution in [0, 0.1) is 11.8 Å². The Hall–Kier alpha value is -0.810. The molecule has 0 radical (unpaired) electrons. The summed E-state index contributed by atoms with van der Waals surface area (Å²) in [4.78, 5) is 23.5. The van der Waals surface area contributed by atoms with Crippen LogP contribution in [0.25, 0.3) is 0 Å². The van der Waals surface area contributed by atoms with Crippen molar-refractivity contribution in [3.05, 3.63) is 0 Å². The van der Waals surface area contributed by atoms with Gasteiger partial charge in [0.25, 0.3) is 0 Å². The number of rotatable bonds is 7. The zero-order valence-electron chi connectivity index (χ0n) is 12.6. The second kappa shape index (κ2) is 9.26. The highest BCUT2D eigenvalue weighted by Gasteiger charge is 2.28. The molecule has 2 aliphatic carbocycles. The van der Waals surface area contributed by atoms with Crippen LogP contribution in [0.2, 0.25) is 0 Å². The Kier molecular flexibility index (Phi) is 8.04. The Labute approximate surface area is 133 Å². The molecule has 2 saturated carbocycles. The molecule has 0 aliphatic heterocycles. The molecule has 1 atom stereocenters. The maximum Gasteiger partial charge on any atom is 0.223 e. The third kappa shape index (κ3) is 6.66. The molecule has 6 heteroatoms. The average molecular weight is 318 g/mol. The minimum atomic E-state index is -0.0231. The highest BCUT2D eigenvalue weighted by molar-refractivity contribution is 5.85. The van der Waals surface area contributed by atoms with Gasteiger partial charge in [-0.1, -0.05) is 19.3 Å². The number of hydrogen-bond acceptors (Lipinski definition) is 3. The monoisotopic (exact) mass is 317 g/mol. The number of nitrogens with two attached hydrogens (primary N) is 1. The van der Waals surface area contributed by atoms with Gasteiger partial charge in [-0.15, -0.1) is 12.4 Å². The Morgan fingerprint density at radius 1 is 1.05 bits per heavy atom. The lowest BCUT2D eigenvalue weighted by Crippen LogP contribution is -2.40. The summed E-state index contributed by atoms with van der Waals surface area (Å²) in [6.07, 6.45) is 8.25. The second-order valence-corrected chi connectivity index (χ2v) is 6.18. The summed E-state index contributed by atoms with van der Waals surface area (Å²) in [5.41, 5.74) is 5.92. The quantitative estimate of drug-likeness (QED) is 0.662. The fourth-order valence-electron chi connectivity index (χ4n) is 2.82. The molecule has 0 spiro atoms. The summed E-state index contributed by atoms with van der Waals surface area (Å²) in [6, 6.07) is 0.0933. The third-order valence-corrected chi connectivity index (χ3v) is 4.39. The smallest absolute Gasteiger partial charge is 0.223 e. The summed E-state index contributed by atoms with van der Waals surface area (Å²) < 4.78 is 0. The molecule has 0 aromatic carbocycles. The van der Waals surface area contributed by atoms with Gasteiger partial charge in [-0.05, 0) is 31.6 Å². The van der Waals surface area contributed by atoms with E-state index in [1.807, 2.05) is 0 Å². The van der Waals surface area contributed by atoms with E-state index in [9.17, 15) is 9.59 Å². The van der Waals surface area contributed by atoms with Gasteiger partial charge in [0.1, 0.15) is 0 Å². The van der Waals surface area contributed by atoms with Crippen molar-refractivity contribution in [1.82, 2.24) is 10.6 Å². The highest BCUT2D eigenvalue weighted by Crippen LogP contribution is 2.31.